The molecule has 2 rings (SSSR count). The summed E-state index contributed by atoms with van der Waals surface area (Å²) in [5.41, 5.74) is 6.10. The van der Waals surface area contributed by atoms with E-state index in [1.54, 1.807) is 0 Å². The zero-order chi connectivity index (χ0) is 10.2. The van der Waals surface area contributed by atoms with Crippen molar-refractivity contribution in [1.82, 2.24) is 4.90 Å². The van der Waals surface area contributed by atoms with Crippen LogP contribution in [0.5, 0.6) is 0 Å². The summed E-state index contributed by atoms with van der Waals surface area (Å²) in [7, 11) is 0. The molecule has 0 aromatic rings. The number of nitrogens with two attached hydrogens (primary N) is 1. The highest BCUT2D eigenvalue weighted by molar-refractivity contribution is 4.95. The second-order valence-electron chi connectivity index (χ2n) is 5.29. The maximum absolute atomic E-state index is 5.80. The molecule has 0 amide bonds. The highest BCUT2D eigenvalue weighted by Crippen LogP contribution is 2.35. The largest absolute Gasteiger partial charge is 0.379 e. The molecule has 0 bridgehead atoms. The van der Waals surface area contributed by atoms with E-state index >= 15 is 0 Å². The van der Waals surface area contributed by atoms with E-state index in [1.807, 2.05) is 0 Å². The fraction of sp³-hybridized carbons (Fsp3) is 1.00. The van der Waals surface area contributed by atoms with E-state index in [4.69, 9.17) is 10.5 Å². The zero-order valence-corrected chi connectivity index (χ0v) is 9.33. The summed E-state index contributed by atoms with van der Waals surface area (Å²) in [5.74, 6) is 0. The van der Waals surface area contributed by atoms with Crippen molar-refractivity contribution in [2.45, 2.75) is 38.8 Å². The molecule has 3 heteroatoms. The Morgan fingerprint density at radius 1 is 1.50 bits per heavy atom. The molecule has 0 aromatic carbocycles. The molecule has 3 nitrogen and oxygen atoms in total. The lowest BCUT2D eigenvalue weighted by molar-refractivity contribution is 0.115. The van der Waals surface area contributed by atoms with Gasteiger partial charge >= 0.3 is 0 Å². The molecular weight excluding hydrogens is 176 g/mol. The lowest BCUT2D eigenvalue weighted by Crippen LogP contribution is -2.49. The Balaban J connectivity index is 2.06. The lowest BCUT2D eigenvalue weighted by atomic mass is 9.86. The zero-order valence-electron chi connectivity index (χ0n) is 9.33. The van der Waals surface area contributed by atoms with Gasteiger partial charge in [0, 0.05) is 24.0 Å². The minimum atomic E-state index is 0.303. The topological polar surface area (TPSA) is 38.5 Å². The number of nitrogens with zero attached hydrogens (tertiary/aromatic N) is 1. The van der Waals surface area contributed by atoms with Crippen molar-refractivity contribution in [3.63, 3.8) is 0 Å². The van der Waals surface area contributed by atoms with Crippen molar-refractivity contribution in [3.05, 3.63) is 0 Å². The van der Waals surface area contributed by atoms with Gasteiger partial charge in [0.15, 0.2) is 0 Å². The number of rotatable bonds is 2. The number of ether oxygens (including phenoxy) is 1. The van der Waals surface area contributed by atoms with Crippen molar-refractivity contribution in [2.24, 2.45) is 11.1 Å². The first-order valence-electron chi connectivity index (χ1n) is 5.69. The average Bonchev–Trinajstić information content (AvgIpc) is 2.69. The second kappa shape index (κ2) is 3.80. The number of likely N-dealkylation sites (tertiary alicyclic amines) is 1. The summed E-state index contributed by atoms with van der Waals surface area (Å²) in [6.45, 7) is 8.40. The van der Waals surface area contributed by atoms with Gasteiger partial charge in [-0.05, 0) is 19.4 Å². The number of hydrogen-bond acceptors (Lipinski definition) is 3. The molecule has 0 aromatic heterocycles. The minimum Gasteiger partial charge on any atom is -0.379 e. The van der Waals surface area contributed by atoms with Crippen molar-refractivity contribution in [1.29, 1.82) is 0 Å². The van der Waals surface area contributed by atoms with E-state index in [-0.39, 0.29) is 0 Å². The van der Waals surface area contributed by atoms with Gasteiger partial charge in [0.2, 0.25) is 0 Å². The number of hydrogen-bond donors (Lipinski definition) is 1. The van der Waals surface area contributed by atoms with Gasteiger partial charge in [-0.3, -0.25) is 4.90 Å². The lowest BCUT2D eigenvalue weighted by Gasteiger charge is -2.36. The van der Waals surface area contributed by atoms with E-state index in [9.17, 15) is 0 Å². The minimum absolute atomic E-state index is 0.303. The first-order chi connectivity index (χ1) is 6.65. The smallest absolute Gasteiger partial charge is 0.0628 e. The van der Waals surface area contributed by atoms with Crippen LogP contribution in [0.4, 0.5) is 0 Å². The summed E-state index contributed by atoms with van der Waals surface area (Å²) in [5, 5.41) is 0. The normalized spacial score (nSPS) is 37.9. The standard InChI is InChI=1S/C11H22N2O/c1-11(2)8-14-7-10(11)13-5-3-4-9(13)6-12/h9-10H,3-8,12H2,1-2H3. The molecule has 2 fully saturated rings. The van der Waals surface area contributed by atoms with E-state index in [1.165, 1.54) is 19.4 Å². The molecule has 0 radical (unpaired) electrons. The molecule has 82 valence electrons. The van der Waals surface area contributed by atoms with Crippen LogP contribution in [-0.4, -0.2) is 43.3 Å². The summed E-state index contributed by atoms with van der Waals surface area (Å²) in [4.78, 5) is 2.58. The van der Waals surface area contributed by atoms with E-state index < -0.39 is 0 Å². The van der Waals surface area contributed by atoms with Gasteiger partial charge in [-0.2, -0.15) is 0 Å². The SMILES string of the molecule is CC1(C)COCC1N1CCCC1CN. The maximum atomic E-state index is 5.80. The first-order valence-corrected chi connectivity index (χ1v) is 5.69. The molecule has 2 aliphatic rings. The Bertz CT molecular complexity index is 205. The Morgan fingerprint density at radius 2 is 2.29 bits per heavy atom. The summed E-state index contributed by atoms with van der Waals surface area (Å²) >= 11 is 0. The molecule has 2 saturated heterocycles. The highest BCUT2D eigenvalue weighted by Gasteiger charge is 2.42. The van der Waals surface area contributed by atoms with Crippen LogP contribution < -0.4 is 5.73 Å². The fourth-order valence-electron chi connectivity index (χ4n) is 2.82. The van der Waals surface area contributed by atoms with Crippen molar-refractivity contribution in [3.8, 4) is 0 Å². The van der Waals surface area contributed by atoms with E-state index in [0.29, 0.717) is 17.5 Å². The third kappa shape index (κ3) is 1.69. The van der Waals surface area contributed by atoms with Crippen LogP contribution in [0, 0.1) is 5.41 Å². The molecule has 0 spiro atoms. The first kappa shape index (κ1) is 10.4. The van der Waals surface area contributed by atoms with Crippen LogP contribution in [0.25, 0.3) is 0 Å². The quantitative estimate of drug-likeness (QED) is 0.714. The van der Waals surface area contributed by atoms with Crippen LogP contribution in [0.1, 0.15) is 26.7 Å². The summed E-state index contributed by atoms with van der Waals surface area (Å²) in [6.07, 6.45) is 2.57. The molecule has 2 unspecified atom stereocenters. The van der Waals surface area contributed by atoms with Crippen LogP contribution in [-0.2, 0) is 4.74 Å². The monoisotopic (exact) mass is 198 g/mol. The predicted molar refractivity (Wildman–Crippen MR) is 57.2 cm³/mol. The Hall–Kier alpha value is -0.120. The Kier molecular flexibility index (Phi) is 2.82. The molecule has 14 heavy (non-hydrogen) atoms. The van der Waals surface area contributed by atoms with Gasteiger partial charge in [0.1, 0.15) is 0 Å². The van der Waals surface area contributed by atoms with Crippen molar-refractivity contribution >= 4 is 0 Å². The van der Waals surface area contributed by atoms with Gasteiger partial charge in [0.05, 0.1) is 13.2 Å². The van der Waals surface area contributed by atoms with Crippen LogP contribution in [0.2, 0.25) is 0 Å². The third-order valence-electron chi connectivity index (χ3n) is 3.75. The third-order valence-corrected chi connectivity index (χ3v) is 3.75. The molecule has 0 saturated carbocycles. The van der Waals surface area contributed by atoms with Crippen molar-refractivity contribution < 1.29 is 4.74 Å². The van der Waals surface area contributed by atoms with Gasteiger partial charge in [0.25, 0.3) is 0 Å². The van der Waals surface area contributed by atoms with Gasteiger partial charge in [-0.15, -0.1) is 0 Å². The van der Waals surface area contributed by atoms with Crippen LogP contribution in [0.3, 0.4) is 0 Å². The van der Waals surface area contributed by atoms with Gasteiger partial charge in [-0.25, -0.2) is 0 Å². The molecule has 2 aliphatic heterocycles. The van der Waals surface area contributed by atoms with E-state index in [0.717, 1.165) is 19.8 Å². The molecular formula is C11H22N2O. The van der Waals surface area contributed by atoms with Gasteiger partial charge < -0.3 is 10.5 Å². The molecule has 0 aliphatic carbocycles. The van der Waals surface area contributed by atoms with Crippen LogP contribution in [0.15, 0.2) is 0 Å². The maximum Gasteiger partial charge on any atom is 0.0628 e. The molecule has 2 atom stereocenters. The summed E-state index contributed by atoms with van der Waals surface area (Å²) in [6, 6.07) is 1.18. The van der Waals surface area contributed by atoms with E-state index in [2.05, 4.69) is 18.7 Å². The summed E-state index contributed by atoms with van der Waals surface area (Å²) < 4.78 is 5.60. The Morgan fingerprint density at radius 3 is 2.86 bits per heavy atom. The molecule has 2 heterocycles. The Labute approximate surface area is 86.6 Å². The van der Waals surface area contributed by atoms with Gasteiger partial charge in [-0.1, -0.05) is 13.8 Å². The molecule has 2 N–H and O–H groups in total. The predicted octanol–water partition coefficient (Wildman–Crippen LogP) is 0.835. The van der Waals surface area contributed by atoms with Crippen LogP contribution >= 0.6 is 0 Å². The van der Waals surface area contributed by atoms with Crippen molar-refractivity contribution in [2.75, 3.05) is 26.3 Å². The fourth-order valence-corrected chi connectivity index (χ4v) is 2.82. The highest BCUT2D eigenvalue weighted by atomic mass is 16.5. The average molecular weight is 198 g/mol. The second-order valence-corrected chi connectivity index (χ2v) is 5.29.